The number of carbonyl (C=O) groups is 2. The number of nitrogens with zero attached hydrogens (tertiary/aromatic N) is 2. The van der Waals surface area contributed by atoms with Crippen molar-refractivity contribution < 1.29 is 14.3 Å². The van der Waals surface area contributed by atoms with Gasteiger partial charge >= 0.3 is 6.03 Å². The van der Waals surface area contributed by atoms with Gasteiger partial charge in [0.15, 0.2) is 5.16 Å². The van der Waals surface area contributed by atoms with Gasteiger partial charge < -0.3 is 10.1 Å². The molecule has 0 aliphatic heterocycles. The van der Waals surface area contributed by atoms with Gasteiger partial charge in [-0.15, -0.1) is 0 Å². The standard InChI is InChI=1S/C16H20N4O4S/c1-10(13(21)19-15(23)17-2)25-16-18-12-7-5-4-6-11(12)14(22)20(16)8-9-24-3/h4-7,10H,8-9H2,1-3H3,(H2,17,19,21,23). The summed E-state index contributed by atoms with van der Waals surface area (Å²) in [6, 6.07) is 6.45. The maximum Gasteiger partial charge on any atom is 0.321 e. The molecule has 0 spiro atoms. The Morgan fingerprint density at radius 2 is 2.08 bits per heavy atom. The minimum Gasteiger partial charge on any atom is -0.383 e. The number of para-hydroxylation sites is 1. The van der Waals surface area contributed by atoms with Crippen molar-refractivity contribution in [2.45, 2.75) is 23.9 Å². The van der Waals surface area contributed by atoms with E-state index in [0.29, 0.717) is 29.2 Å². The average Bonchev–Trinajstić information content (AvgIpc) is 2.61. The number of fused-ring (bicyclic) bond motifs is 1. The van der Waals surface area contributed by atoms with Crippen molar-refractivity contribution >= 4 is 34.6 Å². The van der Waals surface area contributed by atoms with Crippen LogP contribution in [0.4, 0.5) is 4.79 Å². The number of carbonyl (C=O) groups excluding carboxylic acids is 2. The molecule has 1 unspecified atom stereocenters. The molecule has 1 aromatic carbocycles. The first-order chi connectivity index (χ1) is 12.0. The summed E-state index contributed by atoms with van der Waals surface area (Å²) < 4.78 is 6.54. The van der Waals surface area contributed by atoms with Gasteiger partial charge in [0.1, 0.15) is 0 Å². The van der Waals surface area contributed by atoms with Crippen molar-refractivity contribution in [2.75, 3.05) is 20.8 Å². The van der Waals surface area contributed by atoms with E-state index in [4.69, 9.17) is 4.74 Å². The molecule has 1 aromatic heterocycles. The molecule has 0 fully saturated rings. The van der Waals surface area contributed by atoms with Crippen molar-refractivity contribution in [1.29, 1.82) is 0 Å². The summed E-state index contributed by atoms with van der Waals surface area (Å²) in [6.45, 7) is 2.30. The molecule has 3 amide bonds. The number of methoxy groups -OCH3 is 1. The molecule has 9 heteroatoms. The first-order valence-electron chi connectivity index (χ1n) is 7.65. The molecule has 0 radical (unpaired) electrons. The van der Waals surface area contributed by atoms with E-state index in [2.05, 4.69) is 15.6 Å². The highest BCUT2D eigenvalue weighted by atomic mass is 32.2. The second-order valence-electron chi connectivity index (χ2n) is 5.19. The lowest BCUT2D eigenvalue weighted by Crippen LogP contribution is -2.41. The topological polar surface area (TPSA) is 102 Å². The van der Waals surface area contributed by atoms with E-state index in [1.54, 1.807) is 38.3 Å². The molecule has 2 N–H and O–H groups in total. The Kier molecular flexibility index (Phi) is 6.54. The minimum absolute atomic E-state index is 0.191. The molecule has 8 nitrogen and oxygen atoms in total. The van der Waals surface area contributed by atoms with Gasteiger partial charge in [-0.3, -0.25) is 19.5 Å². The highest BCUT2D eigenvalue weighted by Crippen LogP contribution is 2.22. The summed E-state index contributed by atoms with van der Waals surface area (Å²) in [5.74, 6) is -0.468. The van der Waals surface area contributed by atoms with E-state index in [1.165, 1.54) is 11.6 Å². The zero-order valence-electron chi connectivity index (χ0n) is 14.2. The van der Waals surface area contributed by atoms with Crippen LogP contribution in [0, 0.1) is 0 Å². The fourth-order valence-corrected chi connectivity index (χ4v) is 3.04. The number of thioether (sulfide) groups is 1. The molecule has 0 aliphatic carbocycles. The first-order valence-corrected chi connectivity index (χ1v) is 8.53. The zero-order chi connectivity index (χ0) is 18.4. The predicted molar refractivity (Wildman–Crippen MR) is 95.8 cm³/mol. The largest absolute Gasteiger partial charge is 0.383 e. The van der Waals surface area contributed by atoms with Crippen molar-refractivity contribution in [3.63, 3.8) is 0 Å². The van der Waals surface area contributed by atoms with Crippen LogP contribution in [0.5, 0.6) is 0 Å². The van der Waals surface area contributed by atoms with E-state index in [-0.39, 0.29) is 5.56 Å². The molecule has 0 saturated heterocycles. The van der Waals surface area contributed by atoms with Crippen LogP contribution in [0.3, 0.4) is 0 Å². The highest BCUT2D eigenvalue weighted by molar-refractivity contribution is 8.00. The quantitative estimate of drug-likeness (QED) is 0.585. The molecule has 1 heterocycles. The highest BCUT2D eigenvalue weighted by Gasteiger charge is 2.20. The summed E-state index contributed by atoms with van der Waals surface area (Å²) in [6.07, 6.45) is 0. The van der Waals surface area contributed by atoms with Gasteiger partial charge in [0.05, 0.1) is 29.3 Å². The van der Waals surface area contributed by atoms with Crippen LogP contribution in [-0.2, 0) is 16.1 Å². The number of rotatable bonds is 6. The lowest BCUT2D eigenvalue weighted by Gasteiger charge is -2.15. The molecular weight excluding hydrogens is 344 g/mol. The Labute approximate surface area is 149 Å². The first kappa shape index (κ1) is 18.9. The molecule has 25 heavy (non-hydrogen) atoms. The van der Waals surface area contributed by atoms with Crippen LogP contribution >= 0.6 is 11.8 Å². The van der Waals surface area contributed by atoms with Gasteiger partial charge in [-0.05, 0) is 19.1 Å². The Balaban J connectivity index is 2.36. The van der Waals surface area contributed by atoms with Gasteiger partial charge in [0, 0.05) is 14.2 Å². The number of aromatic nitrogens is 2. The number of urea groups is 1. The molecule has 0 bridgehead atoms. The van der Waals surface area contributed by atoms with Crippen LogP contribution < -0.4 is 16.2 Å². The molecule has 0 saturated carbocycles. The summed E-state index contributed by atoms with van der Waals surface area (Å²) in [7, 11) is 2.97. The second kappa shape index (κ2) is 8.63. The second-order valence-corrected chi connectivity index (χ2v) is 6.50. The van der Waals surface area contributed by atoms with Crippen LogP contribution in [0.15, 0.2) is 34.2 Å². The summed E-state index contributed by atoms with van der Waals surface area (Å²) in [5.41, 5.74) is 0.367. The fourth-order valence-electron chi connectivity index (χ4n) is 2.11. The summed E-state index contributed by atoms with van der Waals surface area (Å²) in [5, 5.41) is 4.83. The average molecular weight is 364 g/mol. The fraction of sp³-hybridized carbons (Fsp3) is 0.375. The van der Waals surface area contributed by atoms with E-state index in [9.17, 15) is 14.4 Å². The van der Waals surface area contributed by atoms with E-state index in [1.807, 2.05) is 0 Å². The lowest BCUT2D eigenvalue weighted by molar-refractivity contribution is -0.119. The van der Waals surface area contributed by atoms with E-state index in [0.717, 1.165) is 11.8 Å². The smallest absolute Gasteiger partial charge is 0.321 e. The number of amides is 3. The number of imide groups is 1. The summed E-state index contributed by atoms with van der Waals surface area (Å²) >= 11 is 1.11. The third-order valence-electron chi connectivity index (χ3n) is 3.46. The van der Waals surface area contributed by atoms with Gasteiger partial charge in [0.25, 0.3) is 5.56 Å². The van der Waals surface area contributed by atoms with Crippen LogP contribution in [0.1, 0.15) is 6.92 Å². The van der Waals surface area contributed by atoms with Gasteiger partial charge in [-0.25, -0.2) is 9.78 Å². The number of benzene rings is 1. The van der Waals surface area contributed by atoms with Gasteiger partial charge in [0.2, 0.25) is 5.91 Å². The van der Waals surface area contributed by atoms with E-state index >= 15 is 0 Å². The minimum atomic E-state index is -0.612. The maximum absolute atomic E-state index is 12.7. The Morgan fingerprint density at radius 3 is 2.76 bits per heavy atom. The molecule has 0 aliphatic rings. The number of hydrogen-bond donors (Lipinski definition) is 2. The summed E-state index contributed by atoms with van der Waals surface area (Å²) in [4.78, 5) is 40.6. The Bertz CT molecular complexity index is 836. The molecular formula is C16H20N4O4S. The number of ether oxygens (including phenoxy) is 1. The SMILES string of the molecule is CNC(=O)NC(=O)C(C)Sc1nc2ccccc2c(=O)n1CCOC. The third-order valence-corrected chi connectivity index (χ3v) is 4.55. The molecule has 1 atom stereocenters. The van der Waals surface area contributed by atoms with Crippen LogP contribution in [0.25, 0.3) is 10.9 Å². The third kappa shape index (κ3) is 4.58. The van der Waals surface area contributed by atoms with Crippen LogP contribution in [-0.4, -0.2) is 47.5 Å². The van der Waals surface area contributed by atoms with Crippen molar-refractivity contribution in [3.8, 4) is 0 Å². The predicted octanol–water partition coefficient (Wildman–Crippen LogP) is 0.979. The molecule has 2 aromatic rings. The lowest BCUT2D eigenvalue weighted by atomic mass is 10.2. The van der Waals surface area contributed by atoms with Gasteiger partial charge in [-0.1, -0.05) is 23.9 Å². The molecule has 2 rings (SSSR count). The maximum atomic E-state index is 12.7. The van der Waals surface area contributed by atoms with Crippen molar-refractivity contribution in [1.82, 2.24) is 20.2 Å². The van der Waals surface area contributed by atoms with Gasteiger partial charge in [-0.2, -0.15) is 0 Å². The number of hydrogen-bond acceptors (Lipinski definition) is 6. The van der Waals surface area contributed by atoms with E-state index < -0.39 is 17.2 Å². The molecule has 134 valence electrons. The Hall–Kier alpha value is -2.39. The Morgan fingerprint density at radius 1 is 1.36 bits per heavy atom. The van der Waals surface area contributed by atoms with Crippen molar-refractivity contribution in [3.05, 3.63) is 34.6 Å². The monoisotopic (exact) mass is 364 g/mol. The van der Waals surface area contributed by atoms with Crippen molar-refractivity contribution in [2.24, 2.45) is 0 Å². The number of nitrogens with one attached hydrogen (secondary N) is 2. The normalized spacial score (nSPS) is 12.0. The van der Waals surface area contributed by atoms with Crippen LogP contribution in [0.2, 0.25) is 0 Å². The zero-order valence-corrected chi connectivity index (χ0v) is 15.1.